The van der Waals surface area contributed by atoms with Crippen LogP contribution in [0, 0.1) is 0 Å². The summed E-state index contributed by atoms with van der Waals surface area (Å²) in [6.07, 6.45) is 0.320. The number of ether oxygens (including phenoxy) is 1. The standard InChI is InChI=1S/C13H17N3OS/c1-9-7-16(8-10(6-14)17-9)13-15-11-4-2-3-5-12(11)18-13/h2-5,9-10H,6-8,14H2,1H3. The third-order valence-corrected chi connectivity index (χ3v) is 4.24. The number of nitrogens with two attached hydrogens (primary N) is 1. The van der Waals surface area contributed by atoms with E-state index in [1.807, 2.05) is 6.07 Å². The largest absolute Gasteiger partial charge is 0.370 e. The minimum atomic E-state index is 0.112. The maximum absolute atomic E-state index is 5.77. The number of anilines is 1. The highest BCUT2D eigenvalue weighted by molar-refractivity contribution is 7.22. The summed E-state index contributed by atoms with van der Waals surface area (Å²) in [7, 11) is 0. The van der Waals surface area contributed by atoms with E-state index < -0.39 is 0 Å². The van der Waals surface area contributed by atoms with Crippen molar-refractivity contribution in [2.24, 2.45) is 5.73 Å². The first-order valence-electron chi connectivity index (χ1n) is 6.22. The van der Waals surface area contributed by atoms with Gasteiger partial charge in [0.05, 0.1) is 22.4 Å². The molecule has 0 amide bonds. The fourth-order valence-electron chi connectivity index (χ4n) is 2.33. The van der Waals surface area contributed by atoms with Gasteiger partial charge < -0.3 is 15.4 Å². The van der Waals surface area contributed by atoms with Crippen LogP contribution in [0.3, 0.4) is 0 Å². The van der Waals surface area contributed by atoms with Crippen molar-refractivity contribution in [3.05, 3.63) is 24.3 Å². The van der Waals surface area contributed by atoms with Crippen molar-refractivity contribution in [1.82, 2.24) is 4.98 Å². The molecule has 2 heterocycles. The van der Waals surface area contributed by atoms with Crippen molar-refractivity contribution in [1.29, 1.82) is 0 Å². The topological polar surface area (TPSA) is 51.4 Å². The van der Waals surface area contributed by atoms with Crippen molar-refractivity contribution < 1.29 is 4.74 Å². The summed E-state index contributed by atoms with van der Waals surface area (Å²) in [5.74, 6) is 0. The molecule has 2 atom stereocenters. The first kappa shape index (κ1) is 11.9. The maximum atomic E-state index is 5.77. The normalized spacial score (nSPS) is 24.7. The molecule has 96 valence electrons. The molecule has 0 aliphatic carbocycles. The average molecular weight is 263 g/mol. The van der Waals surface area contributed by atoms with Gasteiger partial charge in [-0.3, -0.25) is 0 Å². The Kier molecular flexibility index (Phi) is 3.20. The van der Waals surface area contributed by atoms with Crippen molar-refractivity contribution in [2.45, 2.75) is 19.1 Å². The van der Waals surface area contributed by atoms with E-state index in [2.05, 4.69) is 35.0 Å². The lowest BCUT2D eigenvalue weighted by atomic mass is 10.2. The molecule has 1 aliphatic heterocycles. The van der Waals surface area contributed by atoms with Gasteiger partial charge in [0, 0.05) is 19.6 Å². The van der Waals surface area contributed by atoms with Crippen molar-refractivity contribution in [2.75, 3.05) is 24.5 Å². The van der Waals surface area contributed by atoms with Gasteiger partial charge in [-0.25, -0.2) is 4.98 Å². The van der Waals surface area contributed by atoms with Gasteiger partial charge in [0.2, 0.25) is 0 Å². The molecule has 2 aromatic rings. The molecule has 4 nitrogen and oxygen atoms in total. The van der Waals surface area contributed by atoms with Crippen LogP contribution in [-0.2, 0) is 4.74 Å². The summed E-state index contributed by atoms with van der Waals surface area (Å²) < 4.78 is 7.00. The average Bonchev–Trinajstić information content (AvgIpc) is 2.81. The monoisotopic (exact) mass is 263 g/mol. The van der Waals surface area contributed by atoms with E-state index in [0.29, 0.717) is 6.54 Å². The summed E-state index contributed by atoms with van der Waals surface area (Å²) in [5, 5.41) is 1.07. The SMILES string of the molecule is CC1CN(c2nc3ccccc3s2)CC(CN)O1. The molecular weight excluding hydrogens is 246 g/mol. The van der Waals surface area contributed by atoms with Crippen LogP contribution in [0.25, 0.3) is 10.2 Å². The molecule has 1 aromatic heterocycles. The first-order valence-corrected chi connectivity index (χ1v) is 7.04. The number of benzene rings is 1. The van der Waals surface area contributed by atoms with E-state index in [1.165, 1.54) is 4.70 Å². The summed E-state index contributed by atoms with van der Waals surface area (Å²) >= 11 is 1.74. The number of hydrogen-bond donors (Lipinski definition) is 1. The Morgan fingerprint density at radius 1 is 1.44 bits per heavy atom. The molecule has 1 aromatic carbocycles. The number of fused-ring (bicyclic) bond motifs is 1. The minimum absolute atomic E-state index is 0.112. The van der Waals surface area contributed by atoms with Crippen molar-refractivity contribution in [3.63, 3.8) is 0 Å². The molecular formula is C13H17N3OS. The maximum Gasteiger partial charge on any atom is 0.186 e. The second-order valence-electron chi connectivity index (χ2n) is 4.67. The summed E-state index contributed by atoms with van der Waals surface area (Å²) in [4.78, 5) is 6.98. The fourth-order valence-corrected chi connectivity index (χ4v) is 3.31. The van der Waals surface area contributed by atoms with Crippen molar-refractivity contribution >= 4 is 26.7 Å². The van der Waals surface area contributed by atoms with Crippen LogP contribution in [0.4, 0.5) is 5.13 Å². The lowest BCUT2D eigenvalue weighted by Crippen LogP contribution is -2.49. The van der Waals surface area contributed by atoms with E-state index in [0.717, 1.165) is 23.7 Å². The Morgan fingerprint density at radius 3 is 3.06 bits per heavy atom. The van der Waals surface area contributed by atoms with Gasteiger partial charge in [0.25, 0.3) is 0 Å². The van der Waals surface area contributed by atoms with Crippen LogP contribution in [0.2, 0.25) is 0 Å². The van der Waals surface area contributed by atoms with E-state index in [9.17, 15) is 0 Å². The van der Waals surface area contributed by atoms with Gasteiger partial charge in [0.1, 0.15) is 0 Å². The minimum Gasteiger partial charge on any atom is -0.370 e. The zero-order valence-corrected chi connectivity index (χ0v) is 11.2. The molecule has 2 N–H and O–H groups in total. The van der Waals surface area contributed by atoms with E-state index in [1.54, 1.807) is 11.3 Å². The van der Waals surface area contributed by atoms with Crippen LogP contribution in [0.5, 0.6) is 0 Å². The van der Waals surface area contributed by atoms with Crippen LogP contribution in [0.15, 0.2) is 24.3 Å². The Hall–Kier alpha value is -1.17. The van der Waals surface area contributed by atoms with Gasteiger partial charge in [-0.1, -0.05) is 23.5 Å². The van der Waals surface area contributed by atoms with Crippen LogP contribution < -0.4 is 10.6 Å². The number of rotatable bonds is 2. The zero-order valence-electron chi connectivity index (χ0n) is 10.4. The van der Waals surface area contributed by atoms with Crippen LogP contribution >= 0.6 is 11.3 Å². The van der Waals surface area contributed by atoms with Gasteiger partial charge in [-0.15, -0.1) is 0 Å². The molecule has 3 rings (SSSR count). The Balaban J connectivity index is 1.88. The van der Waals surface area contributed by atoms with Gasteiger partial charge in [-0.2, -0.15) is 0 Å². The Labute approximate surface area is 110 Å². The van der Waals surface area contributed by atoms with E-state index in [-0.39, 0.29) is 12.2 Å². The van der Waals surface area contributed by atoms with Gasteiger partial charge in [0.15, 0.2) is 5.13 Å². The van der Waals surface area contributed by atoms with E-state index in [4.69, 9.17) is 10.5 Å². The predicted molar refractivity (Wildman–Crippen MR) is 75.2 cm³/mol. The summed E-state index contributed by atoms with van der Waals surface area (Å²) in [6, 6.07) is 8.24. The summed E-state index contributed by atoms with van der Waals surface area (Å²) in [5.41, 5.74) is 6.78. The second-order valence-corrected chi connectivity index (χ2v) is 5.68. The third-order valence-electron chi connectivity index (χ3n) is 3.14. The second kappa shape index (κ2) is 4.84. The number of nitrogens with zero attached hydrogens (tertiary/aromatic N) is 2. The zero-order chi connectivity index (χ0) is 12.5. The summed E-state index contributed by atoms with van der Waals surface area (Å²) in [6.45, 7) is 4.37. The van der Waals surface area contributed by atoms with Crippen LogP contribution in [-0.4, -0.2) is 36.8 Å². The number of aromatic nitrogens is 1. The Morgan fingerprint density at radius 2 is 2.28 bits per heavy atom. The molecule has 1 fully saturated rings. The van der Waals surface area contributed by atoms with Crippen molar-refractivity contribution in [3.8, 4) is 0 Å². The highest BCUT2D eigenvalue weighted by atomic mass is 32.1. The lowest BCUT2D eigenvalue weighted by Gasteiger charge is -2.36. The molecule has 1 aliphatic rings. The molecule has 1 saturated heterocycles. The Bertz CT molecular complexity index is 509. The molecule has 0 radical (unpaired) electrons. The van der Waals surface area contributed by atoms with Crippen LogP contribution in [0.1, 0.15) is 6.92 Å². The molecule has 18 heavy (non-hydrogen) atoms. The number of hydrogen-bond acceptors (Lipinski definition) is 5. The quantitative estimate of drug-likeness (QED) is 0.898. The van der Waals surface area contributed by atoms with Gasteiger partial charge >= 0.3 is 0 Å². The van der Waals surface area contributed by atoms with E-state index >= 15 is 0 Å². The third kappa shape index (κ3) is 2.21. The number of para-hydroxylation sites is 1. The fraction of sp³-hybridized carbons (Fsp3) is 0.462. The molecule has 0 bridgehead atoms. The molecule has 5 heteroatoms. The number of thiazole rings is 1. The predicted octanol–water partition coefficient (Wildman–Crippen LogP) is 1.85. The highest BCUT2D eigenvalue weighted by Gasteiger charge is 2.26. The first-order chi connectivity index (χ1) is 8.76. The number of morpholine rings is 1. The molecule has 0 spiro atoms. The molecule has 0 saturated carbocycles. The lowest BCUT2D eigenvalue weighted by molar-refractivity contribution is -0.0104. The molecule has 2 unspecified atom stereocenters. The highest BCUT2D eigenvalue weighted by Crippen LogP contribution is 2.30. The van der Waals surface area contributed by atoms with Gasteiger partial charge in [-0.05, 0) is 19.1 Å². The smallest absolute Gasteiger partial charge is 0.186 e.